The highest BCUT2D eigenvalue weighted by Crippen LogP contribution is 2.25. The number of carbonyl (C=O) groups is 1. The van der Waals surface area contributed by atoms with Crippen LogP contribution in [0.3, 0.4) is 0 Å². The van der Waals surface area contributed by atoms with Gasteiger partial charge in [0, 0.05) is 23.0 Å². The predicted octanol–water partition coefficient (Wildman–Crippen LogP) is 3.51. The summed E-state index contributed by atoms with van der Waals surface area (Å²) in [7, 11) is 0. The van der Waals surface area contributed by atoms with E-state index in [-0.39, 0.29) is 11.6 Å². The van der Waals surface area contributed by atoms with E-state index in [2.05, 4.69) is 25.6 Å². The Balaban J connectivity index is 1.70. The summed E-state index contributed by atoms with van der Waals surface area (Å²) in [5.74, 6) is 0.224. The van der Waals surface area contributed by atoms with Gasteiger partial charge in [-0.1, -0.05) is 23.7 Å². The molecule has 3 aromatic rings. The van der Waals surface area contributed by atoms with E-state index in [0.717, 1.165) is 16.9 Å². The summed E-state index contributed by atoms with van der Waals surface area (Å²) in [4.78, 5) is 24.6. The van der Waals surface area contributed by atoms with Gasteiger partial charge in [0.1, 0.15) is 17.8 Å². The largest absolute Gasteiger partial charge is 0.345 e. The molecule has 0 unspecified atom stereocenters. The van der Waals surface area contributed by atoms with E-state index in [4.69, 9.17) is 11.6 Å². The fourth-order valence-electron chi connectivity index (χ4n) is 2.19. The second-order valence-electron chi connectivity index (χ2n) is 5.33. The van der Waals surface area contributed by atoms with Crippen molar-refractivity contribution in [2.24, 2.45) is 0 Å². The third-order valence-corrected chi connectivity index (χ3v) is 4.00. The number of anilines is 2. The average molecular weight is 354 g/mol. The van der Waals surface area contributed by atoms with E-state index < -0.39 is 0 Å². The van der Waals surface area contributed by atoms with Gasteiger partial charge in [-0.05, 0) is 36.8 Å². The molecule has 2 N–H and O–H groups in total. The van der Waals surface area contributed by atoms with E-state index in [1.807, 2.05) is 43.3 Å². The van der Waals surface area contributed by atoms with Crippen LogP contribution >= 0.6 is 11.6 Å². The standard InChI is InChI=1S/C18H16ClN5O/c1-12-14(19)6-4-7-15(12)24-17-9-16(22-11-23-17)18(25)21-10-13-5-2-3-8-20-13/h2-9,11H,10H2,1H3,(H,21,25)(H,22,23,24). The molecule has 3 rings (SSSR count). The van der Waals surface area contributed by atoms with Crippen LogP contribution in [-0.2, 0) is 6.54 Å². The average Bonchev–Trinajstić information content (AvgIpc) is 2.64. The lowest BCUT2D eigenvalue weighted by atomic mass is 10.2. The van der Waals surface area contributed by atoms with Gasteiger partial charge in [-0.25, -0.2) is 9.97 Å². The van der Waals surface area contributed by atoms with Crippen LogP contribution < -0.4 is 10.6 Å². The minimum Gasteiger partial charge on any atom is -0.345 e. The van der Waals surface area contributed by atoms with Gasteiger partial charge in [-0.2, -0.15) is 0 Å². The maximum Gasteiger partial charge on any atom is 0.270 e. The van der Waals surface area contributed by atoms with Crippen LogP contribution in [0.1, 0.15) is 21.7 Å². The van der Waals surface area contributed by atoms with Crippen molar-refractivity contribution in [2.45, 2.75) is 13.5 Å². The molecule has 2 aromatic heterocycles. The zero-order chi connectivity index (χ0) is 17.6. The number of aromatic nitrogens is 3. The summed E-state index contributed by atoms with van der Waals surface area (Å²) >= 11 is 6.12. The van der Waals surface area contributed by atoms with E-state index in [1.165, 1.54) is 6.33 Å². The first kappa shape index (κ1) is 16.9. The van der Waals surface area contributed by atoms with E-state index in [0.29, 0.717) is 17.4 Å². The SMILES string of the molecule is Cc1c(Cl)cccc1Nc1cc(C(=O)NCc2ccccn2)ncn1. The van der Waals surface area contributed by atoms with Gasteiger partial charge in [0.25, 0.3) is 5.91 Å². The molecule has 0 aliphatic rings. The van der Waals surface area contributed by atoms with Crippen molar-refractivity contribution in [3.63, 3.8) is 0 Å². The summed E-state index contributed by atoms with van der Waals surface area (Å²) in [6.45, 7) is 2.24. The highest BCUT2D eigenvalue weighted by atomic mass is 35.5. The number of amides is 1. The Labute approximate surface area is 150 Å². The predicted molar refractivity (Wildman–Crippen MR) is 96.9 cm³/mol. The third-order valence-electron chi connectivity index (χ3n) is 3.59. The molecule has 25 heavy (non-hydrogen) atoms. The molecule has 2 heterocycles. The summed E-state index contributed by atoms with van der Waals surface area (Å²) in [5.41, 5.74) is 2.78. The molecular formula is C18H16ClN5O. The molecule has 1 aromatic carbocycles. The highest BCUT2D eigenvalue weighted by molar-refractivity contribution is 6.31. The lowest BCUT2D eigenvalue weighted by Crippen LogP contribution is -2.24. The lowest BCUT2D eigenvalue weighted by Gasteiger charge is -2.10. The molecule has 6 nitrogen and oxygen atoms in total. The van der Waals surface area contributed by atoms with Crippen molar-refractivity contribution in [3.8, 4) is 0 Å². The van der Waals surface area contributed by atoms with Gasteiger partial charge >= 0.3 is 0 Å². The van der Waals surface area contributed by atoms with Gasteiger partial charge in [-0.3, -0.25) is 9.78 Å². The van der Waals surface area contributed by atoms with Crippen LogP contribution in [0.15, 0.2) is 55.0 Å². The fourth-order valence-corrected chi connectivity index (χ4v) is 2.37. The second kappa shape index (κ2) is 7.72. The molecule has 0 bridgehead atoms. The number of carbonyl (C=O) groups excluding carboxylic acids is 1. The smallest absolute Gasteiger partial charge is 0.270 e. The number of nitrogens with one attached hydrogen (secondary N) is 2. The summed E-state index contributed by atoms with van der Waals surface area (Å²) in [6, 6.07) is 12.7. The number of halogens is 1. The van der Waals surface area contributed by atoms with Crippen molar-refractivity contribution in [2.75, 3.05) is 5.32 Å². The van der Waals surface area contributed by atoms with Crippen LogP contribution in [0.4, 0.5) is 11.5 Å². The van der Waals surface area contributed by atoms with Crippen LogP contribution in [0, 0.1) is 6.92 Å². The molecule has 1 amide bonds. The summed E-state index contributed by atoms with van der Waals surface area (Å²) < 4.78 is 0. The van der Waals surface area contributed by atoms with Gasteiger partial charge in [0.2, 0.25) is 0 Å². The topological polar surface area (TPSA) is 79.8 Å². The zero-order valence-electron chi connectivity index (χ0n) is 13.5. The van der Waals surface area contributed by atoms with Gasteiger partial charge in [0.05, 0.1) is 12.2 Å². The third kappa shape index (κ3) is 4.30. The van der Waals surface area contributed by atoms with Crippen molar-refractivity contribution in [1.82, 2.24) is 20.3 Å². The Bertz CT molecular complexity index is 886. The van der Waals surface area contributed by atoms with Crippen LogP contribution in [0.5, 0.6) is 0 Å². The van der Waals surface area contributed by atoms with E-state index in [9.17, 15) is 4.79 Å². The van der Waals surface area contributed by atoms with E-state index >= 15 is 0 Å². The number of rotatable bonds is 5. The Morgan fingerprint density at radius 3 is 2.80 bits per heavy atom. The molecule has 0 spiro atoms. The first-order valence-electron chi connectivity index (χ1n) is 7.66. The lowest BCUT2D eigenvalue weighted by molar-refractivity contribution is 0.0945. The Morgan fingerprint density at radius 1 is 1.12 bits per heavy atom. The molecule has 0 saturated heterocycles. The molecule has 7 heteroatoms. The number of hydrogen-bond acceptors (Lipinski definition) is 5. The quantitative estimate of drug-likeness (QED) is 0.733. The Kier molecular flexibility index (Phi) is 5.20. The highest BCUT2D eigenvalue weighted by Gasteiger charge is 2.10. The Morgan fingerprint density at radius 2 is 2.00 bits per heavy atom. The number of hydrogen-bond donors (Lipinski definition) is 2. The maximum atomic E-state index is 12.3. The van der Waals surface area contributed by atoms with Gasteiger partial charge < -0.3 is 10.6 Å². The monoisotopic (exact) mass is 353 g/mol. The Hall–Kier alpha value is -2.99. The van der Waals surface area contributed by atoms with Gasteiger partial charge in [0.15, 0.2) is 0 Å². The summed E-state index contributed by atoms with van der Waals surface area (Å²) in [6.07, 6.45) is 3.03. The minimum absolute atomic E-state index is 0.271. The first-order valence-corrected chi connectivity index (χ1v) is 8.03. The van der Waals surface area contributed by atoms with Crippen LogP contribution in [-0.4, -0.2) is 20.9 Å². The molecule has 0 fully saturated rings. The van der Waals surface area contributed by atoms with Crippen LogP contribution in [0.2, 0.25) is 5.02 Å². The molecule has 0 radical (unpaired) electrons. The van der Waals surface area contributed by atoms with Crippen molar-refractivity contribution in [1.29, 1.82) is 0 Å². The number of nitrogens with zero attached hydrogens (tertiary/aromatic N) is 3. The van der Waals surface area contributed by atoms with Crippen molar-refractivity contribution in [3.05, 3.63) is 77.0 Å². The molecule has 0 saturated carbocycles. The zero-order valence-corrected chi connectivity index (χ0v) is 14.3. The first-order chi connectivity index (χ1) is 12.1. The second-order valence-corrected chi connectivity index (χ2v) is 5.74. The van der Waals surface area contributed by atoms with Gasteiger partial charge in [-0.15, -0.1) is 0 Å². The molecule has 0 aliphatic carbocycles. The van der Waals surface area contributed by atoms with Crippen LogP contribution in [0.25, 0.3) is 0 Å². The number of benzene rings is 1. The maximum absolute atomic E-state index is 12.3. The van der Waals surface area contributed by atoms with Crippen molar-refractivity contribution >= 4 is 29.0 Å². The molecular weight excluding hydrogens is 338 g/mol. The summed E-state index contributed by atoms with van der Waals surface area (Å²) in [5, 5.41) is 6.60. The minimum atomic E-state index is -0.293. The molecule has 0 aliphatic heterocycles. The normalized spacial score (nSPS) is 10.3. The van der Waals surface area contributed by atoms with E-state index in [1.54, 1.807) is 12.3 Å². The number of pyridine rings is 1. The fraction of sp³-hybridized carbons (Fsp3) is 0.111. The molecule has 126 valence electrons. The molecule has 0 atom stereocenters. The van der Waals surface area contributed by atoms with Crippen molar-refractivity contribution < 1.29 is 4.79 Å².